The molecule has 0 saturated carbocycles. The summed E-state index contributed by atoms with van der Waals surface area (Å²) in [6, 6.07) is 8.44. The lowest BCUT2D eigenvalue weighted by Crippen LogP contribution is -2.37. The van der Waals surface area contributed by atoms with Crippen molar-refractivity contribution in [3.8, 4) is 5.69 Å². The molecule has 0 atom stereocenters. The fourth-order valence-corrected chi connectivity index (χ4v) is 4.06. The number of ether oxygens (including phenoxy) is 1. The predicted octanol–water partition coefficient (Wildman–Crippen LogP) is 2.49. The Bertz CT molecular complexity index is 917. The summed E-state index contributed by atoms with van der Waals surface area (Å²) in [5.41, 5.74) is 2.27. The second-order valence-corrected chi connectivity index (χ2v) is 7.96. The van der Waals surface area contributed by atoms with Crippen LogP contribution in [0, 0.1) is 6.92 Å². The zero-order valence-electron chi connectivity index (χ0n) is 16.9. The van der Waals surface area contributed by atoms with Gasteiger partial charge >= 0.3 is 0 Å². The Morgan fingerprint density at radius 1 is 1.07 bits per heavy atom. The molecule has 9 nitrogen and oxygen atoms in total. The first-order chi connectivity index (χ1) is 14.3. The molecule has 0 N–H and O–H groups in total. The minimum Gasteiger partial charge on any atom is -0.378 e. The monoisotopic (exact) mass is 414 g/mol. The first kappa shape index (κ1) is 19.8. The van der Waals surface area contributed by atoms with Crippen LogP contribution >= 0.6 is 11.8 Å². The zero-order chi connectivity index (χ0) is 20.1. The maximum absolute atomic E-state index is 5.50. The average Bonchev–Trinajstić information content (AvgIpc) is 3.38. The molecule has 2 aromatic heterocycles. The van der Waals surface area contributed by atoms with Crippen LogP contribution in [0.3, 0.4) is 0 Å². The predicted molar refractivity (Wildman–Crippen MR) is 111 cm³/mol. The van der Waals surface area contributed by atoms with E-state index in [9.17, 15) is 0 Å². The number of morpholine rings is 1. The van der Waals surface area contributed by atoms with E-state index in [4.69, 9.17) is 4.74 Å². The summed E-state index contributed by atoms with van der Waals surface area (Å²) in [5.74, 6) is 2.35. The van der Waals surface area contributed by atoms with Crippen LogP contribution in [-0.2, 0) is 17.0 Å². The third-order valence-electron chi connectivity index (χ3n) is 4.86. The smallest absolute Gasteiger partial charge is 0.232 e. The molecule has 0 amide bonds. The number of benzene rings is 1. The molecule has 3 aromatic rings. The largest absolute Gasteiger partial charge is 0.378 e. The number of rotatable bonds is 8. The Balaban J connectivity index is 1.60. The van der Waals surface area contributed by atoms with E-state index in [1.165, 1.54) is 5.56 Å². The Hall–Kier alpha value is -2.46. The average molecular weight is 415 g/mol. The summed E-state index contributed by atoms with van der Waals surface area (Å²) >= 11 is 1.60. The van der Waals surface area contributed by atoms with Gasteiger partial charge in [0.1, 0.15) is 0 Å². The quantitative estimate of drug-likeness (QED) is 0.520. The van der Waals surface area contributed by atoms with Crippen LogP contribution in [0.25, 0.3) is 5.69 Å². The molecule has 154 valence electrons. The number of aromatic nitrogens is 7. The van der Waals surface area contributed by atoms with Gasteiger partial charge in [-0.1, -0.05) is 42.8 Å². The molecule has 1 saturated heterocycles. The highest BCUT2D eigenvalue weighted by Crippen LogP contribution is 2.29. The van der Waals surface area contributed by atoms with Crippen LogP contribution in [-0.4, -0.2) is 61.3 Å². The van der Waals surface area contributed by atoms with Crippen molar-refractivity contribution < 1.29 is 4.74 Å². The Morgan fingerprint density at radius 2 is 1.86 bits per heavy atom. The number of aryl methyl sites for hydroxylation is 2. The number of hydrogen-bond donors (Lipinski definition) is 0. The second-order valence-electron chi connectivity index (χ2n) is 7.01. The van der Waals surface area contributed by atoms with Crippen LogP contribution in [0.2, 0.25) is 0 Å². The minimum absolute atomic E-state index is 0.643. The highest BCUT2D eigenvalue weighted by molar-refractivity contribution is 7.98. The van der Waals surface area contributed by atoms with Gasteiger partial charge in [-0.2, -0.15) is 0 Å². The van der Waals surface area contributed by atoms with E-state index in [1.54, 1.807) is 11.8 Å². The van der Waals surface area contributed by atoms with Crippen molar-refractivity contribution in [2.75, 3.05) is 31.2 Å². The molecule has 0 radical (unpaired) electrons. The van der Waals surface area contributed by atoms with Crippen molar-refractivity contribution in [3.05, 3.63) is 35.7 Å². The van der Waals surface area contributed by atoms with E-state index in [1.807, 2.05) is 4.68 Å². The maximum Gasteiger partial charge on any atom is 0.232 e. The molecule has 1 aliphatic heterocycles. The van der Waals surface area contributed by atoms with Crippen LogP contribution < -0.4 is 4.90 Å². The summed E-state index contributed by atoms with van der Waals surface area (Å²) in [6.45, 7) is 8.11. The van der Waals surface area contributed by atoms with Gasteiger partial charge in [0.2, 0.25) is 5.95 Å². The van der Waals surface area contributed by atoms with Crippen molar-refractivity contribution in [1.29, 1.82) is 0 Å². The zero-order valence-corrected chi connectivity index (χ0v) is 17.7. The molecular weight excluding hydrogens is 388 g/mol. The third kappa shape index (κ3) is 4.59. The Kier molecular flexibility index (Phi) is 6.40. The third-order valence-corrected chi connectivity index (χ3v) is 5.79. The fourth-order valence-electron chi connectivity index (χ4n) is 3.18. The molecule has 1 aromatic carbocycles. The summed E-state index contributed by atoms with van der Waals surface area (Å²) in [7, 11) is 0. The SMILES string of the molecule is CCCCn1nnnc1CSc1nnc(N2CCOCC2)n1-c1ccc(C)cc1. The van der Waals surface area contributed by atoms with Gasteiger partial charge in [0.25, 0.3) is 0 Å². The van der Waals surface area contributed by atoms with Crippen LogP contribution in [0.1, 0.15) is 31.2 Å². The van der Waals surface area contributed by atoms with Gasteiger partial charge in [-0.15, -0.1) is 15.3 Å². The molecule has 1 fully saturated rings. The Labute approximate surface area is 174 Å². The van der Waals surface area contributed by atoms with Crippen molar-refractivity contribution in [2.24, 2.45) is 0 Å². The second kappa shape index (κ2) is 9.36. The van der Waals surface area contributed by atoms with Gasteiger partial charge in [0, 0.05) is 19.6 Å². The van der Waals surface area contributed by atoms with Crippen molar-refractivity contribution >= 4 is 17.7 Å². The van der Waals surface area contributed by atoms with E-state index >= 15 is 0 Å². The van der Waals surface area contributed by atoms with Gasteiger partial charge in [0.15, 0.2) is 11.0 Å². The lowest BCUT2D eigenvalue weighted by molar-refractivity contribution is 0.122. The number of nitrogens with zero attached hydrogens (tertiary/aromatic N) is 8. The normalized spacial score (nSPS) is 14.5. The van der Waals surface area contributed by atoms with Crippen molar-refractivity contribution in [3.63, 3.8) is 0 Å². The molecule has 0 spiro atoms. The van der Waals surface area contributed by atoms with E-state index in [-0.39, 0.29) is 0 Å². The molecule has 1 aliphatic rings. The standard InChI is InChI=1S/C19H26N8OS/c1-3-4-9-26-17(20-23-24-26)14-29-19-22-21-18(25-10-12-28-13-11-25)27(19)16-7-5-15(2)6-8-16/h5-8H,3-4,9-14H2,1-2H3. The number of hydrogen-bond acceptors (Lipinski definition) is 8. The van der Waals surface area contributed by atoms with Crippen molar-refractivity contribution in [1.82, 2.24) is 35.0 Å². The first-order valence-electron chi connectivity index (χ1n) is 9.99. The highest BCUT2D eigenvalue weighted by atomic mass is 32.2. The van der Waals surface area contributed by atoms with Crippen LogP contribution in [0.15, 0.2) is 29.4 Å². The maximum atomic E-state index is 5.50. The topological polar surface area (TPSA) is 86.8 Å². The summed E-state index contributed by atoms with van der Waals surface area (Å²) in [6.07, 6.45) is 2.17. The molecule has 3 heterocycles. The molecule has 0 bridgehead atoms. The fraction of sp³-hybridized carbons (Fsp3) is 0.526. The number of tetrazole rings is 1. The molecular formula is C19H26N8OS. The summed E-state index contributed by atoms with van der Waals surface area (Å²) in [5, 5.41) is 22.0. The van der Waals surface area contributed by atoms with Gasteiger partial charge in [0.05, 0.1) is 24.7 Å². The van der Waals surface area contributed by atoms with Crippen molar-refractivity contribution in [2.45, 2.75) is 44.1 Å². The van der Waals surface area contributed by atoms with E-state index < -0.39 is 0 Å². The molecule has 0 unspecified atom stereocenters. The van der Waals surface area contributed by atoms with E-state index in [0.717, 1.165) is 55.1 Å². The number of thioether (sulfide) groups is 1. The molecule has 29 heavy (non-hydrogen) atoms. The molecule has 10 heteroatoms. The number of unbranched alkanes of at least 4 members (excludes halogenated alkanes) is 1. The van der Waals surface area contributed by atoms with Crippen LogP contribution in [0.4, 0.5) is 5.95 Å². The van der Waals surface area contributed by atoms with E-state index in [2.05, 4.69) is 73.3 Å². The van der Waals surface area contributed by atoms with Gasteiger partial charge in [-0.25, -0.2) is 4.68 Å². The number of anilines is 1. The molecule has 4 rings (SSSR count). The Morgan fingerprint density at radius 3 is 2.62 bits per heavy atom. The highest BCUT2D eigenvalue weighted by Gasteiger charge is 2.22. The van der Waals surface area contributed by atoms with E-state index in [0.29, 0.717) is 19.0 Å². The van der Waals surface area contributed by atoms with Gasteiger partial charge < -0.3 is 9.64 Å². The first-order valence-corrected chi connectivity index (χ1v) is 11.0. The van der Waals surface area contributed by atoms with Gasteiger partial charge in [-0.05, 0) is 35.9 Å². The summed E-state index contributed by atoms with van der Waals surface area (Å²) < 4.78 is 9.50. The lowest BCUT2D eigenvalue weighted by Gasteiger charge is -2.27. The van der Waals surface area contributed by atoms with Crippen LogP contribution in [0.5, 0.6) is 0 Å². The van der Waals surface area contributed by atoms with Gasteiger partial charge in [-0.3, -0.25) is 4.57 Å². The lowest BCUT2D eigenvalue weighted by atomic mass is 10.2. The molecule has 0 aliphatic carbocycles. The minimum atomic E-state index is 0.643. The summed E-state index contributed by atoms with van der Waals surface area (Å²) in [4.78, 5) is 2.23.